The van der Waals surface area contributed by atoms with Crippen LogP contribution in [0.4, 0.5) is 0 Å². The van der Waals surface area contributed by atoms with Crippen LogP contribution in [0.5, 0.6) is 11.5 Å². The van der Waals surface area contributed by atoms with Crippen LogP contribution in [-0.4, -0.2) is 57.0 Å². The highest BCUT2D eigenvalue weighted by Gasteiger charge is 2.24. The van der Waals surface area contributed by atoms with Gasteiger partial charge in [0.15, 0.2) is 0 Å². The molecule has 1 saturated heterocycles. The van der Waals surface area contributed by atoms with Crippen LogP contribution in [0.2, 0.25) is 0 Å². The molecule has 11 heteroatoms. The minimum atomic E-state index is -0.440. The van der Waals surface area contributed by atoms with E-state index in [1.54, 1.807) is 37.7 Å². The van der Waals surface area contributed by atoms with Gasteiger partial charge in [-0.2, -0.15) is 0 Å². The number of nitrogen functional groups attached to an aromatic ring is 1. The van der Waals surface area contributed by atoms with E-state index in [4.69, 9.17) is 25.4 Å². The lowest BCUT2D eigenvalue weighted by molar-refractivity contribution is 0.0254. The molecule has 38 heavy (non-hydrogen) atoms. The van der Waals surface area contributed by atoms with E-state index in [-0.39, 0.29) is 23.8 Å². The summed E-state index contributed by atoms with van der Waals surface area (Å²) < 4.78 is 18.5. The fourth-order valence-electron chi connectivity index (χ4n) is 4.43. The Labute approximate surface area is 219 Å². The van der Waals surface area contributed by atoms with E-state index in [9.17, 15) is 4.79 Å². The average molecular weight is 516 g/mol. The van der Waals surface area contributed by atoms with Crippen LogP contribution in [-0.2, 0) is 11.2 Å². The van der Waals surface area contributed by atoms with Crippen LogP contribution < -0.4 is 20.9 Å². The van der Waals surface area contributed by atoms with Gasteiger partial charge in [0.1, 0.15) is 29.3 Å². The van der Waals surface area contributed by atoms with E-state index in [0.717, 1.165) is 28.7 Å². The van der Waals surface area contributed by atoms with Crippen molar-refractivity contribution in [2.75, 3.05) is 20.3 Å². The van der Waals surface area contributed by atoms with Crippen molar-refractivity contribution in [1.82, 2.24) is 24.7 Å². The third-order valence-electron chi connectivity index (χ3n) is 6.42. The minimum Gasteiger partial charge on any atom is -0.497 e. The molecular formula is C27H29N7O4. The predicted molar refractivity (Wildman–Crippen MR) is 140 cm³/mol. The Hall–Kier alpha value is -4.51. The van der Waals surface area contributed by atoms with E-state index in [1.807, 2.05) is 30.3 Å². The van der Waals surface area contributed by atoms with Crippen molar-refractivity contribution >= 4 is 5.84 Å². The van der Waals surface area contributed by atoms with Crippen molar-refractivity contribution in [2.45, 2.75) is 31.3 Å². The molecule has 5 rings (SSSR count). The van der Waals surface area contributed by atoms with Gasteiger partial charge < -0.3 is 19.9 Å². The molecule has 196 valence electrons. The smallest absolute Gasteiger partial charge is 0.350 e. The Morgan fingerprint density at radius 2 is 1.87 bits per heavy atom. The van der Waals surface area contributed by atoms with Crippen LogP contribution in [0.15, 0.2) is 65.7 Å². The maximum atomic E-state index is 12.9. The molecule has 4 N–H and O–H groups in total. The number of rotatable bonds is 9. The predicted octanol–water partition coefficient (Wildman–Crippen LogP) is 2.58. The van der Waals surface area contributed by atoms with Gasteiger partial charge in [0.05, 0.1) is 20.3 Å². The topological polar surface area (TPSA) is 154 Å². The van der Waals surface area contributed by atoms with Crippen molar-refractivity contribution in [2.24, 2.45) is 5.73 Å². The largest absolute Gasteiger partial charge is 0.497 e. The SMILES string of the molecule is COc1cc(OC2CCOCC2)cc(C(Cc2ccc(C(=N)N)cc2)c2nn(-c3ncccn3)c(=O)[nH]2)c1. The van der Waals surface area contributed by atoms with Gasteiger partial charge >= 0.3 is 5.69 Å². The second-order valence-electron chi connectivity index (χ2n) is 9.01. The summed E-state index contributed by atoms with van der Waals surface area (Å²) in [5, 5.41) is 12.2. The minimum absolute atomic E-state index is 0.00160. The van der Waals surface area contributed by atoms with Gasteiger partial charge in [0.25, 0.3) is 5.95 Å². The van der Waals surface area contributed by atoms with Crippen molar-refractivity contribution in [3.63, 3.8) is 0 Å². The summed E-state index contributed by atoms with van der Waals surface area (Å²) in [6.07, 6.45) is 5.29. The molecule has 0 amide bonds. The van der Waals surface area contributed by atoms with Gasteiger partial charge in [0.2, 0.25) is 0 Å². The fourth-order valence-corrected chi connectivity index (χ4v) is 4.43. The van der Waals surface area contributed by atoms with Crippen molar-refractivity contribution in [1.29, 1.82) is 5.41 Å². The molecule has 1 unspecified atom stereocenters. The zero-order chi connectivity index (χ0) is 26.5. The van der Waals surface area contributed by atoms with Gasteiger partial charge in [-0.05, 0) is 35.7 Å². The van der Waals surface area contributed by atoms with Gasteiger partial charge in [-0.15, -0.1) is 9.78 Å². The van der Waals surface area contributed by atoms with Gasteiger partial charge in [-0.1, -0.05) is 24.3 Å². The van der Waals surface area contributed by atoms with Crippen molar-refractivity contribution < 1.29 is 14.2 Å². The third kappa shape index (κ3) is 5.73. The second-order valence-corrected chi connectivity index (χ2v) is 9.01. The first-order valence-corrected chi connectivity index (χ1v) is 12.3. The zero-order valence-corrected chi connectivity index (χ0v) is 21.0. The zero-order valence-electron chi connectivity index (χ0n) is 21.0. The number of hydrogen-bond donors (Lipinski definition) is 3. The first-order chi connectivity index (χ1) is 18.5. The highest BCUT2D eigenvalue weighted by Crippen LogP contribution is 2.33. The summed E-state index contributed by atoms with van der Waals surface area (Å²) in [5.41, 5.74) is 7.66. The number of hydrogen-bond acceptors (Lipinski definition) is 8. The molecule has 1 fully saturated rings. The van der Waals surface area contributed by atoms with E-state index in [1.165, 1.54) is 0 Å². The second kappa shape index (κ2) is 11.3. The molecular weight excluding hydrogens is 486 g/mol. The number of aromatic amines is 1. The molecule has 0 spiro atoms. The first kappa shape index (κ1) is 25.2. The molecule has 1 aliphatic rings. The highest BCUT2D eigenvalue weighted by atomic mass is 16.5. The Morgan fingerprint density at radius 3 is 2.55 bits per heavy atom. The Morgan fingerprint density at radius 1 is 1.16 bits per heavy atom. The van der Waals surface area contributed by atoms with Crippen LogP contribution >= 0.6 is 0 Å². The first-order valence-electron chi connectivity index (χ1n) is 12.3. The molecule has 1 aliphatic heterocycles. The number of ether oxygens (including phenoxy) is 3. The summed E-state index contributed by atoms with van der Waals surface area (Å²) in [6.45, 7) is 1.33. The number of nitrogens with zero attached hydrogens (tertiary/aromatic N) is 4. The molecule has 0 aliphatic carbocycles. The maximum Gasteiger partial charge on any atom is 0.350 e. The molecule has 2 aromatic carbocycles. The fraction of sp³-hybridized carbons (Fsp3) is 0.296. The quantitative estimate of drug-likeness (QED) is 0.227. The summed E-state index contributed by atoms with van der Waals surface area (Å²) >= 11 is 0. The molecule has 0 bridgehead atoms. The number of benzene rings is 2. The van der Waals surface area contributed by atoms with Crippen LogP contribution in [0.25, 0.3) is 5.95 Å². The van der Waals surface area contributed by atoms with E-state index < -0.39 is 5.69 Å². The lowest BCUT2D eigenvalue weighted by Gasteiger charge is -2.24. The van der Waals surface area contributed by atoms with E-state index in [2.05, 4.69) is 20.1 Å². The highest BCUT2D eigenvalue weighted by molar-refractivity contribution is 5.94. The van der Waals surface area contributed by atoms with E-state index >= 15 is 0 Å². The number of nitrogens with one attached hydrogen (secondary N) is 2. The van der Waals surface area contributed by atoms with Crippen molar-refractivity contribution in [3.8, 4) is 17.4 Å². The number of amidine groups is 1. The Bertz CT molecular complexity index is 1440. The monoisotopic (exact) mass is 515 g/mol. The van der Waals surface area contributed by atoms with Crippen molar-refractivity contribution in [3.05, 3.63) is 93.9 Å². The molecule has 3 heterocycles. The lowest BCUT2D eigenvalue weighted by Crippen LogP contribution is -2.26. The summed E-state index contributed by atoms with van der Waals surface area (Å²) in [7, 11) is 1.61. The number of H-pyrrole nitrogens is 1. The van der Waals surface area contributed by atoms with E-state index in [0.29, 0.717) is 42.5 Å². The molecule has 1 atom stereocenters. The standard InChI is InChI=1S/C27H29N7O4/c1-36-21-14-19(15-22(16-21)38-20-7-11-37-12-8-20)23(13-17-3-5-18(6-4-17)24(28)29)25-32-27(35)34(33-25)26-30-9-2-10-31-26/h2-6,9-10,14-16,20,23H,7-8,11-13H2,1H3,(H3,28,29)(H,32,33,35). The molecule has 11 nitrogen and oxygen atoms in total. The molecule has 4 aromatic rings. The van der Waals surface area contributed by atoms with Crippen LogP contribution in [0.3, 0.4) is 0 Å². The summed E-state index contributed by atoms with van der Waals surface area (Å²) in [4.78, 5) is 24.1. The number of nitrogens with two attached hydrogens (primary N) is 1. The third-order valence-corrected chi connectivity index (χ3v) is 6.42. The normalized spacial score (nSPS) is 14.7. The average Bonchev–Trinajstić information content (AvgIpc) is 3.33. The molecule has 0 saturated carbocycles. The number of methoxy groups -OCH3 is 1. The van der Waals surface area contributed by atoms with Gasteiger partial charge in [-0.25, -0.2) is 14.8 Å². The molecule has 2 aromatic heterocycles. The van der Waals surface area contributed by atoms with Crippen LogP contribution in [0, 0.1) is 5.41 Å². The summed E-state index contributed by atoms with van der Waals surface area (Å²) in [5.74, 6) is 1.58. The molecule has 0 radical (unpaired) electrons. The maximum absolute atomic E-state index is 12.9. The summed E-state index contributed by atoms with van der Waals surface area (Å²) in [6, 6.07) is 14.9. The van der Waals surface area contributed by atoms with Gasteiger partial charge in [-0.3, -0.25) is 10.4 Å². The number of aromatic nitrogens is 5. The Balaban J connectivity index is 1.55. The van der Waals surface area contributed by atoms with Gasteiger partial charge in [0, 0.05) is 42.8 Å². The lowest BCUT2D eigenvalue weighted by atomic mass is 9.90. The van der Waals surface area contributed by atoms with Crippen LogP contribution in [0.1, 0.15) is 41.3 Å². The Kier molecular flexibility index (Phi) is 7.45.